The first-order valence-corrected chi connectivity index (χ1v) is 12.5. The van der Waals surface area contributed by atoms with Crippen LogP contribution < -0.4 is 14.8 Å². The molecule has 2 aromatic carbocycles. The van der Waals surface area contributed by atoms with Crippen LogP contribution in [0.15, 0.2) is 48.5 Å². The van der Waals surface area contributed by atoms with Gasteiger partial charge in [0.05, 0.1) is 11.5 Å². The molecule has 1 spiro atoms. The Morgan fingerprint density at radius 3 is 2.74 bits per heavy atom. The minimum absolute atomic E-state index is 0.0344. The Hall–Kier alpha value is -2.73. The average molecular weight is 485 g/mol. The fraction of sp³-hybridized carbons (Fsp3) is 0.481. The van der Waals surface area contributed by atoms with Crippen molar-refractivity contribution in [2.24, 2.45) is 5.41 Å². The summed E-state index contributed by atoms with van der Waals surface area (Å²) in [5.74, 6) is 1.50. The van der Waals surface area contributed by atoms with Crippen molar-refractivity contribution in [2.45, 2.75) is 51.5 Å². The van der Waals surface area contributed by atoms with E-state index in [1.165, 1.54) is 5.56 Å². The summed E-state index contributed by atoms with van der Waals surface area (Å²) >= 11 is 5.99. The molecule has 6 nitrogen and oxygen atoms in total. The Bertz CT molecular complexity index is 1000. The Morgan fingerprint density at radius 1 is 1.15 bits per heavy atom. The van der Waals surface area contributed by atoms with Gasteiger partial charge in [0.2, 0.25) is 5.91 Å². The van der Waals surface area contributed by atoms with E-state index in [9.17, 15) is 9.59 Å². The van der Waals surface area contributed by atoms with Gasteiger partial charge in [-0.25, -0.2) is 0 Å². The van der Waals surface area contributed by atoms with E-state index in [1.54, 1.807) is 24.3 Å². The van der Waals surface area contributed by atoms with Crippen molar-refractivity contribution in [1.82, 2.24) is 10.2 Å². The monoisotopic (exact) mass is 484 g/mol. The van der Waals surface area contributed by atoms with Gasteiger partial charge in [-0.15, -0.1) is 0 Å². The van der Waals surface area contributed by atoms with E-state index in [-0.39, 0.29) is 24.5 Å². The molecule has 2 amide bonds. The summed E-state index contributed by atoms with van der Waals surface area (Å²) in [5.41, 5.74) is 0.771. The molecule has 0 bridgehead atoms. The van der Waals surface area contributed by atoms with E-state index >= 15 is 0 Å². The molecule has 4 rings (SSSR count). The Balaban J connectivity index is 1.36. The third kappa shape index (κ3) is 6.03. The molecular weight excluding hydrogens is 452 g/mol. The first-order chi connectivity index (χ1) is 16.4. The second kappa shape index (κ2) is 11.1. The molecule has 0 saturated carbocycles. The van der Waals surface area contributed by atoms with Gasteiger partial charge in [0.1, 0.15) is 18.1 Å². The molecule has 1 atom stereocenters. The van der Waals surface area contributed by atoms with Crippen molar-refractivity contribution in [3.63, 3.8) is 0 Å². The first-order valence-electron chi connectivity index (χ1n) is 12.1. The van der Waals surface area contributed by atoms with E-state index in [0.29, 0.717) is 43.3 Å². The second-order valence-electron chi connectivity index (χ2n) is 9.41. The summed E-state index contributed by atoms with van der Waals surface area (Å²) in [4.78, 5) is 27.9. The highest BCUT2D eigenvalue weighted by Crippen LogP contribution is 2.38. The van der Waals surface area contributed by atoms with Crippen LogP contribution in [-0.4, -0.2) is 49.1 Å². The number of halogens is 1. The molecule has 0 aliphatic carbocycles. The van der Waals surface area contributed by atoms with E-state index < -0.39 is 5.41 Å². The number of fused-ring (bicyclic) bond motifs is 1. The van der Waals surface area contributed by atoms with Crippen molar-refractivity contribution in [2.75, 3.05) is 26.3 Å². The van der Waals surface area contributed by atoms with Gasteiger partial charge in [0, 0.05) is 18.1 Å². The number of ether oxygens (including phenoxy) is 2. The molecule has 2 aliphatic rings. The number of aryl methyl sites for hydroxylation is 1. The highest BCUT2D eigenvalue weighted by Gasteiger charge is 2.42. The van der Waals surface area contributed by atoms with E-state index in [2.05, 4.69) is 11.4 Å². The second-order valence-corrected chi connectivity index (χ2v) is 9.84. The van der Waals surface area contributed by atoms with Gasteiger partial charge in [0.25, 0.3) is 5.91 Å². The fourth-order valence-corrected chi connectivity index (χ4v) is 5.01. The van der Waals surface area contributed by atoms with Crippen molar-refractivity contribution < 1.29 is 19.1 Å². The minimum atomic E-state index is -0.447. The van der Waals surface area contributed by atoms with Crippen molar-refractivity contribution in [3.8, 4) is 11.5 Å². The summed E-state index contributed by atoms with van der Waals surface area (Å²) in [5, 5.41) is 3.75. The topological polar surface area (TPSA) is 67.9 Å². The molecule has 0 aromatic heterocycles. The zero-order chi connectivity index (χ0) is 24.0. The van der Waals surface area contributed by atoms with Crippen LogP contribution in [-0.2, 0) is 16.0 Å². The molecule has 182 valence electrons. The number of nitrogens with zero attached hydrogens (tertiary/aromatic N) is 1. The average Bonchev–Trinajstić information content (AvgIpc) is 2.84. The molecule has 2 aliphatic heterocycles. The summed E-state index contributed by atoms with van der Waals surface area (Å²) < 4.78 is 11.7. The number of hydrogen-bond acceptors (Lipinski definition) is 4. The fourth-order valence-electron chi connectivity index (χ4n) is 4.83. The number of rotatable bonds is 3. The molecule has 0 radical (unpaired) electrons. The summed E-state index contributed by atoms with van der Waals surface area (Å²) in [6, 6.07) is 15.1. The van der Waals surface area contributed by atoms with Gasteiger partial charge in [-0.3, -0.25) is 9.59 Å². The standard InChI is InChI=1S/C27H33ClN2O4/c1-20-18-34-24-11-3-2-7-21(24)8-4-5-12-27(26(32)29-20)13-15-30(16-14-27)25(31)19-33-23-10-6-9-22(28)17-23/h2-3,6-7,9-11,17,20H,4-5,8,12-16,18-19H2,1H3,(H,29,32)/t20-/m1/s1. The highest BCUT2D eigenvalue weighted by molar-refractivity contribution is 6.30. The van der Waals surface area contributed by atoms with E-state index in [0.717, 1.165) is 31.4 Å². The first kappa shape index (κ1) is 24.4. The van der Waals surface area contributed by atoms with Crippen molar-refractivity contribution in [1.29, 1.82) is 0 Å². The van der Waals surface area contributed by atoms with Crippen LogP contribution >= 0.6 is 11.6 Å². The van der Waals surface area contributed by atoms with Crippen molar-refractivity contribution in [3.05, 3.63) is 59.1 Å². The Morgan fingerprint density at radius 2 is 1.94 bits per heavy atom. The highest BCUT2D eigenvalue weighted by atomic mass is 35.5. The molecule has 2 aromatic rings. The summed E-state index contributed by atoms with van der Waals surface area (Å²) in [6.07, 6.45) is 5.05. The lowest BCUT2D eigenvalue weighted by atomic mass is 9.73. The van der Waals surface area contributed by atoms with Gasteiger partial charge < -0.3 is 19.7 Å². The van der Waals surface area contributed by atoms with Gasteiger partial charge in [0.15, 0.2) is 6.61 Å². The molecular formula is C27H33ClN2O4. The van der Waals surface area contributed by atoms with Crippen LogP contribution in [0.3, 0.4) is 0 Å². The molecule has 0 unspecified atom stereocenters. The molecule has 34 heavy (non-hydrogen) atoms. The van der Waals surface area contributed by atoms with Gasteiger partial charge in [-0.2, -0.15) is 0 Å². The molecule has 1 fully saturated rings. The van der Waals surface area contributed by atoms with Gasteiger partial charge in [-0.05, 0) is 68.9 Å². The maximum absolute atomic E-state index is 13.4. The van der Waals surface area contributed by atoms with Gasteiger partial charge >= 0.3 is 0 Å². The van der Waals surface area contributed by atoms with Crippen LogP contribution in [0.25, 0.3) is 0 Å². The minimum Gasteiger partial charge on any atom is -0.491 e. The number of para-hydroxylation sites is 1. The molecule has 1 N–H and O–H groups in total. The third-order valence-corrected chi connectivity index (χ3v) is 7.14. The van der Waals surface area contributed by atoms with Gasteiger partial charge in [-0.1, -0.05) is 42.3 Å². The van der Waals surface area contributed by atoms with Crippen LogP contribution in [0, 0.1) is 5.41 Å². The Kier molecular flexibility index (Phi) is 7.99. The number of piperidine rings is 1. The van der Waals surface area contributed by atoms with Crippen LogP contribution in [0.2, 0.25) is 5.02 Å². The smallest absolute Gasteiger partial charge is 0.260 e. The number of nitrogens with one attached hydrogen (secondary N) is 1. The molecule has 2 heterocycles. The van der Waals surface area contributed by atoms with E-state index in [4.69, 9.17) is 21.1 Å². The number of carbonyl (C=O) groups excluding carboxylic acids is 2. The maximum atomic E-state index is 13.4. The molecule has 7 heteroatoms. The quantitative estimate of drug-likeness (QED) is 0.689. The Labute approximate surface area is 206 Å². The van der Waals surface area contributed by atoms with E-state index in [1.807, 2.05) is 30.0 Å². The normalized spacial score (nSPS) is 20.8. The zero-order valence-corrected chi connectivity index (χ0v) is 20.5. The zero-order valence-electron chi connectivity index (χ0n) is 19.7. The van der Waals surface area contributed by atoms with Crippen LogP contribution in [0.5, 0.6) is 11.5 Å². The van der Waals surface area contributed by atoms with Crippen LogP contribution in [0.1, 0.15) is 44.6 Å². The van der Waals surface area contributed by atoms with Crippen molar-refractivity contribution >= 4 is 23.4 Å². The predicted octanol–water partition coefficient (Wildman–Crippen LogP) is 4.64. The predicted molar refractivity (Wildman–Crippen MR) is 132 cm³/mol. The lowest BCUT2D eigenvalue weighted by Gasteiger charge is -2.41. The maximum Gasteiger partial charge on any atom is 0.260 e. The lowest BCUT2D eigenvalue weighted by molar-refractivity contribution is -0.142. The summed E-state index contributed by atoms with van der Waals surface area (Å²) in [6.45, 7) is 3.49. The summed E-state index contributed by atoms with van der Waals surface area (Å²) in [7, 11) is 0. The number of likely N-dealkylation sites (tertiary alicyclic amines) is 1. The SMILES string of the molecule is C[C@@H]1COc2ccccc2CCCCC2(CCN(C(=O)COc3cccc(Cl)c3)CC2)C(=O)N1. The third-order valence-electron chi connectivity index (χ3n) is 6.90. The lowest BCUT2D eigenvalue weighted by Crippen LogP contribution is -2.53. The van der Waals surface area contributed by atoms with Crippen LogP contribution in [0.4, 0.5) is 0 Å². The molecule has 1 saturated heterocycles. The number of hydrogen-bond donors (Lipinski definition) is 1. The number of benzene rings is 2. The number of carbonyl (C=O) groups is 2. The number of amides is 2. The largest absolute Gasteiger partial charge is 0.491 e.